The van der Waals surface area contributed by atoms with E-state index in [-0.39, 0.29) is 5.56 Å². The maximum Gasteiger partial charge on any atom is 0.272 e. The lowest BCUT2D eigenvalue weighted by molar-refractivity contribution is 1.21. The third-order valence-electron chi connectivity index (χ3n) is 2.09. The van der Waals surface area contributed by atoms with E-state index in [1.54, 1.807) is 11.3 Å². The molecule has 4 heteroatoms. The van der Waals surface area contributed by atoms with Crippen molar-refractivity contribution < 1.29 is 0 Å². The first-order chi connectivity index (χ1) is 6.36. The molecule has 0 bridgehead atoms. The third-order valence-corrected chi connectivity index (χ3v) is 3.01. The van der Waals surface area contributed by atoms with E-state index < -0.39 is 0 Å². The second-order valence-electron chi connectivity index (χ2n) is 2.86. The van der Waals surface area contributed by atoms with Crippen molar-refractivity contribution in [3.8, 4) is 0 Å². The molecule has 0 atom stereocenters. The van der Waals surface area contributed by atoms with Crippen molar-refractivity contribution >= 4 is 27.2 Å². The second kappa shape index (κ2) is 2.23. The molecule has 3 heterocycles. The van der Waals surface area contributed by atoms with Crippen LogP contribution < -0.4 is 5.56 Å². The first kappa shape index (κ1) is 6.91. The van der Waals surface area contributed by atoms with E-state index in [2.05, 4.69) is 4.98 Å². The maximum atomic E-state index is 11.5. The van der Waals surface area contributed by atoms with Crippen LogP contribution >= 0.6 is 11.3 Å². The lowest BCUT2D eigenvalue weighted by atomic mass is 10.5. The van der Waals surface area contributed by atoms with Crippen LogP contribution in [0.5, 0.6) is 0 Å². The molecule has 0 aromatic carbocycles. The molecule has 0 unspecified atom stereocenters. The van der Waals surface area contributed by atoms with Gasteiger partial charge in [-0.15, -0.1) is 11.3 Å². The van der Waals surface area contributed by atoms with Gasteiger partial charge in [0.05, 0.1) is 5.52 Å². The lowest BCUT2D eigenvalue weighted by Crippen LogP contribution is -2.07. The number of fused-ring (bicyclic) bond motifs is 3. The van der Waals surface area contributed by atoms with Gasteiger partial charge in [0.1, 0.15) is 10.3 Å². The number of rotatable bonds is 0. The standard InChI is InChI=1S/C9H6N2OS/c12-8-7-2-1-4-11(7)9-6(10-8)3-5-13-9/h1-5H,(H,10,12). The van der Waals surface area contributed by atoms with Gasteiger partial charge < -0.3 is 9.38 Å². The largest absolute Gasteiger partial charge is 0.318 e. The zero-order valence-corrected chi connectivity index (χ0v) is 7.47. The molecular formula is C9H6N2OS. The minimum Gasteiger partial charge on any atom is -0.318 e. The smallest absolute Gasteiger partial charge is 0.272 e. The van der Waals surface area contributed by atoms with Gasteiger partial charge in [0, 0.05) is 6.20 Å². The molecule has 0 aliphatic rings. The van der Waals surface area contributed by atoms with Crippen molar-refractivity contribution in [1.82, 2.24) is 9.38 Å². The highest BCUT2D eigenvalue weighted by Gasteiger charge is 2.03. The third kappa shape index (κ3) is 0.805. The fourth-order valence-electron chi connectivity index (χ4n) is 1.51. The van der Waals surface area contributed by atoms with Crippen LogP contribution in [0.2, 0.25) is 0 Å². The summed E-state index contributed by atoms with van der Waals surface area (Å²) in [6, 6.07) is 5.61. The predicted octanol–water partition coefficient (Wildman–Crippen LogP) is 1.84. The molecule has 0 saturated carbocycles. The van der Waals surface area contributed by atoms with Crippen LogP contribution in [0.25, 0.3) is 15.9 Å². The number of nitrogens with zero attached hydrogens (tertiary/aromatic N) is 1. The second-order valence-corrected chi connectivity index (χ2v) is 3.75. The first-order valence-electron chi connectivity index (χ1n) is 3.93. The van der Waals surface area contributed by atoms with Crippen molar-refractivity contribution in [1.29, 1.82) is 0 Å². The molecule has 13 heavy (non-hydrogen) atoms. The molecular weight excluding hydrogens is 184 g/mol. The average Bonchev–Trinajstić information content (AvgIpc) is 2.66. The summed E-state index contributed by atoms with van der Waals surface area (Å²) in [6.07, 6.45) is 1.91. The highest BCUT2D eigenvalue weighted by atomic mass is 32.1. The normalized spacial score (nSPS) is 11.4. The number of aromatic nitrogens is 2. The summed E-state index contributed by atoms with van der Waals surface area (Å²) < 4.78 is 1.92. The van der Waals surface area contributed by atoms with Gasteiger partial charge in [-0.2, -0.15) is 0 Å². The number of hydrogen-bond donors (Lipinski definition) is 1. The Morgan fingerprint density at radius 2 is 2.31 bits per heavy atom. The molecule has 0 saturated heterocycles. The molecule has 64 valence electrons. The maximum absolute atomic E-state index is 11.5. The van der Waals surface area contributed by atoms with Crippen molar-refractivity contribution in [3.05, 3.63) is 40.1 Å². The zero-order valence-electron chi connectivity index (χ0n) is 6.65. The lowest BCUT2D eigenvalue weighted by Gasteiger charge is -1.95. The van der Waals surface area contributed by atoms with Gasteiger partial charge in [0.2, 0.25) is 0 Å². The molecule has 3 nitrogen and oxygen atoms in total. The van der Waals surface area contributed by atoms with Crippen molar-refractivity contribution in [2.24, 2.45) is 0 Å². The SMILES string of the molecule is O=c1[nH]c2ccsc2n2cccc12. The Bertz CT molecular complexity index is 631. The van der Waals surface area contributed by atoms with Gasteiger partial charge in [-0.25, -0.2) is 0 Å². The van der Waals surface area contributed by atoms with E-state index >= 15 is 0 Å². The van der Waals surface area contributed by atoms with E-state index in [1.165, 1.54) is 0 Å². The van der Waals surface area contributed by atoms with Crippen molar-refractivity contribution in [3.63, 3.8) is 0 Å². The first-order valence-corrected chi connectivity index (χ1v) is 4.81. The molecule has 1 N–H and O–H groups in total. The van der Waals surface area contributed by atoms with Crippen LogP contribution in [0.3, 0.4) is 0 Å². The van der Waals surface area contributed by atoms with E-state index in [1.807, 2.05) is 34.2 Å². The molecule has 3 aromatic heterocycles. The molecule has 0 amide bonds. The van der Waals surface area contributed by atoms with E-state index in [0.717, 1.165) is 10.3 Å². The number of thiophene rings is 1. The summed E-state index contributed by atoms with van der Waals surface area (Å²) in [5, 5.41) is 1.97. The predicted molar refractivity (Wildman–Crippen MR) is 53.4 cm³/mol. The monoisotopic (exact) mass is 190 g/mol. The summed E-state index contributed by atoms with van der Waals surface area (Å²) in [6.45, 7) is 0. The molecule has 0 fully saturated rings. The Balaban J connectivity index is 2.79. The van der Waals surface area contributed by atoms with Gasteiger partial charge in [0.15, 0.2) is 0 Å². The molecule has 0 radical (unpaired) electrons. The summed E-state index contributed by atoms with van der Waals surface area (Å²) in [7, 11) is 0. The number of aromatic amines is 1. The van der Waals surface area contributed by atoms with E-state index in [0.29, 0.717) is 5.52 Å². The van der Waals surface area contributed by atoms with Gasteiger partial charge in [-0.05, 0) is 23.6 Å². The van der Waals surface area contributed by atoms with E-state index in [4.69, 9.17) is 0 Å². The minimum absolute atomic E-state index is 0.0316. The van der Waals surface area contributed by atoms with Crippen LogP contribution in [0.1, 0.15) is 0 Å². The summed E-state index contributed by atoms with van der Waals surface area (Å²) in [5.41, 5.74) is 1.57. The van der Waals surface area contributed by atoms with Crippen LogP contribution in [0, 0.1) is 0 Å². The highest BCUT2D eigenvalue weighted by molar-refractivity contribution is 7.16. The average molecular weight is 190 g/mol. The fourth-order valence-corrected chi connectivity index (χ4v) is 2.36. The Morgan fingerprint density at radius 1 is 1.38 bits per heavy atom. The van der Waals surface area contributed by atoms with Gasteiger partial charge in [-0.1, -0.05) is 0 Å². The van der Waals surface area contributed by atoms with Crippen LogP contribution in [-0.2, 0) is 0 Å². The summed E-state index contributed by atoms with van der Waals surface area (Å²) in [4.78, 5) is 15.4. The highest BCUT2D eigenvalue weighted by Crippen LogP contribution is 2.18. The number of hydrogen-bond acceptors (Lipinski definition) is 2. The Morgan fingerprint density at radius 3 is 3.23 bits per heavy atom. The van der Waals surface area contributed by atoms with Crippen LogP contribution in [0.4, 0.5) is 0 Å². The fraction of sp³-hybridized carbons (Fsp3) is 0. The Hall–Kier alpha value is -1.55. The Kier molecular flexibility index (Phi) is 1.19. The molecule has 0 aliphatic carbocycles. The van der Waals surface area contributed by atoms with Gasteiger partial charge >= 0.3 is 0 Å². The minimum atomic E-state index is -0.0316. The van der Waals surface area contributed by atoms with Crippen molar-refractivity contribution in [2.45, 2.75) is 0 Å². The number of nitrogens with one attached hydrogen (secondary N) is 1. The Labute approximate surface area is 77.3 Å². The van der Waals surface area contributed by atoms with Gasteiger partial charge in [0.25, 0.3) is 5.56 Å². The quantitative estimate of drug-likeness (QED) is 0.577. The summed E-state index contributed by atoms with van der Waals surface area (Å²) >= 11 is 1.62. The molecule has 0 spiro atoms. The van der Waals surface area contributed by atoms with Gasteiger partial charge in [-0.3, -0.25) is 4.79 Å². The molecule has 3 rings (SSSR count). The zero-order chi connectivity index (χ0) is 8.84. The van der Waals surface area contributed by atoms with Crippen LogP contribution in [-0.4, -0.2) is 9.38 Å². The number of H-pyrrole nitrogens is 1. The van der Waals surface area contributed by atoms with Crippen LogP contribution in [0.15, 0.2) is 34.6 Å². The molecule has 3 aromatic rings. The summed E-state index contributed by atoms with van der Waals surface area (Å²) in [5.74, 6) is 0. The van der Waals surface area contributed by atoms with E-state index in [9.17, 15) is 4.79 Å². The molecule has 0 aliphatic heterocycles. The van der Waals surface area contributed by atoms with Crippen molar-refractivity contribution in [2.75, 3.05) is 0 Å². The topological polar surface area (TPSA) is 37.3 Å².